The predicted molar refractivity (Wildman–Crippen MR) is 158 cm³/mol. The monoisotopic (exact) mass is 530 g/mol. The first kappa shape index (κ1) is 29.6. The van der Waals surface area contributed by atoms with Crippen molar-refractivity contribution < 1.29 is 13.9 Å². The Balaban J connectivity index is 1.57. The lowest BCUT2D eigenvalue weighted by atomic mass is 9.46. The molecule has 4 aliphatic carbocycles. The van der Waals surface area contributed by atoms with Gasteiger partial charge in [-0.25, -0.2) is 0 Å². The van der Waals surface area contributed by atoms with Crippen molar-refractivity contribution in [2.75, 3.05) is 6.61 Å². The molecule has 212 valence electrons. The summed E-state index contributed by atoms with van der Waals surface area (Å²) in [6.07, 6.45) is 11.7. The SMILES string of the molecule is CCOC(C)O[C@H]1CC[C@]2(C)C3=C(CC[C@@H]2C1(C)C)C1=CC[C@H](C(C)O[Si](C)(C)C(C)(C)C)[C@@]1(C)CC3. The molecule has 0 saturated heterocycles. The molecule has 0 aromatic carbocycles. The number of hydrogen-bond donors (Lipinski definition) is 0. The van der Waals surface area contributed by atoms with Crippen LogP contribution in [0.3, 0.4) is 0 Å². The van der Waals surface area contributed by atoms with Crippen LogP contribution in [0.15, 0.2) is 22.8 Å². The smallest absolute Gasteiger partial charge is 0.192 e. The molecule has 0 bridgehead atoms. The first-order valence-corrected chi connectivity index (χ1v) is 18.3. The fourth-order valence-corrected chi connectivity index (χ4v) is 10.3. The number of ether oxygens (including phenoxy) is 2. The third-order valence-corrected chi connectivity index (χ3v) is 16.6. The molecule has 1 saturated carbocycles. The fourth-order valence-electron chi connectivity index (χ4n) is 8.88. The summed E-state index contributed by atoms with van der Waals surface area (Å²) in [5.74, 6) is 1.26. The second kappa shape index (κ2) is 9.89. The number of rotatable bonds is 7. The van der Waals surface area contributed by atoms with Gasteiger partial charge in [0.1, 0.15) is 0 Å². The van der Waals surface area contributed by atoms with E-state index >= 15 is 0 Å². The molecule has 1 fully saturated rings. The predicted octanol–water partition coefficient (Wildman–Crippen LogP) is 9.44. The van der Waals surface area contributed by atoms with Crippen LogP contribution in [0.2, 0.25) is 18.1 Å². The first-order chi connectivity index (χ1) is 17.0. The van der Waals surface area contributed by atoms with Crippen molar-refractivity contribution in [2.45, 2.75) is 151 Å². The quantitative estimate of drug-likeness (QED) is 0.242. The zero-order valence-electron chi connectivity index (χ0n) is 26.3. The van der Waals surface area contributed by atoms with Crippen LogP contribution in [-0.4, -0.2) is 33.4 Å². The summed E-state index contributed by atoms with van der Waals surface area (Å²) in [7, 11) is -1.79. The Labute approximate surface area is 230 Å². The van der Waals surface area contributed by atoms with Gasteiger partial charge in [-0.15, -0.1) is 0 Å². The summed E-state index contributed by atoms with van der Waals surface area (Å²) in [4.78, 5) is 0. The Morgan fingerprint density at radius 3 is 2.30 bits per heavy atom. The van der Waals surface area contributed by atoms with Crippen LogP contribution >= 0.6 is 0 Å². The minimum atomic E-state index is -1.79. The van der Waals surface area contributed by atoms with Crippen LogP contribution in [0.1, 0.15) is 114 Å². The Hall–Kier alpha value is -0.423. The lowest BCUT2D eigenvalue weighted by Gasteiger charge is -2.60. The second-order valence-corrected chi connectivity index (χ2v) is 20.2. The zero-order valence-corrected chi connectivity index (χ0v) is 27.3. The third-order valence-electron chi connectivity index (χ3n) is 12.0. The van der Waals surface area contributed by atoms with Gasteiger partial charge in [0.15, 0.2) is 14.6 Å². The summed E-state index contributed by atoms with van der Waals surface area (Å²) in [6, 6.07) is 0. The van der Waals surface area contributed by atoms with Crippen LogP contribution in [0.25, 0.3) is 0 Å². The van der Waals surface area contributed by atoms with Crippen molar-refractivity contribution >= 4 is 8.32 Å². The molecule has 7 atom stereocenters. The maximum atomic E-state index is 7.00. The van der Waals surface area contributed by atoms with Gasteiger partial charge in [0.05, 0.1) is 6.10 Å². The van der Waals surface area contributed by atoms with E-state index in [0.717, 1.165) is 6.42 Å². The highest BCUT2D eigenvalue weighted by Crippen LogP contribution is 2.66. The normalized spacial score (nSPS) is 37.4. The van der Waals surface area contributed by atoms with Gasteiger partial charge in [-0.05, 0) is 123 Å². The minimum absolute atomic E-state index is 0.122. The van der Waals surface area contributed by atoms with Crippen molar-refractivity contribution in [1.82, 2.24) is 0 Å². The van der Waals surface area contributed by atoms with E-state index in [4.69, 9.17) is 13.9 Å². The van der Waals surface area contributed by atoms with Crippen molar-refractivity contribution in [3.63, 3.8) is 0 Å². The number of allylic oxidation sites excluding steroid dienone is 4. The Morgan fingerprint density at radius 2 is 1.68 bits per heavy atom. The molecular formula is C33H58O3Si. The molecule has 4 aliphatic rings. The Bertz CT molecular complexity index is 924. The maximum Gasteiger partial charge on any atom is 0.192 e. The van der Waals surface area contributed by atoms with Gasteiger partial charge < -0.3 is 13.9 Å². The lowest BCUT2D eigenvalue weighted by Crippen LogP contribution is -2.54. The first-order valence-electron chi connectivity index (χ1n) is 15.4. The third kappa shape index (κ3) is 4.89. The molecule has 0 spiro atoms. The maximum absolute atomic E-state index is 7.00. The molecule has 0 heterocycles. The van der Waals surface area contributed by atoms with E-state index in [1.165, 1.54) is 38.5 Å². The number of fused-ring (bicyclic) bond motifs is 4. The highest BCUT2D eigenvalue weighted by atomic mass is 28.4. The van der Waals surface area contributed by atoms with Gasteiger partial charge in [0, 0.05) is 12.7 Å². The van der Waals surface area contributed by atoms with E-state index in [0.29, 0.717) is 24.5 Å². The highest BCUT2D eigenvalue weighted by molar-refractivity contribution is 6.74. The van der Waals surface area contributed by atoms with Crippen molar-refractivity contribution in [3.8, 4) is 0 Å². The summed E-state index contributed by atoms with van der Waals surface area (Å²) in [5, 5.41) is 0.252. The van der Waals surface area contributed by atoms with Crippen molar-refractivity contribution in [1.29, 1.82) is 0 Å². The summed E-state index contributed by atoms with van der Waals surface area (Å²) in [6.45, 7) is 29.2. The van der Waals surface area contributed by atoms with E-state index in [9.17, 15) is 0 Å². The van der Waals surface area contributed by atoms with Gasteiger partial charge in [-0.2, -0.15) is 0 Å². The molecule has 0 radical (unpaired) electrons. The van der Waals surface area contributed by atoms with Gasteiger partial charge in [-0.3, -0.25) is 0 Å². The Morgan fingerprint density at radius 1 is 1.00 bits per heavy atom. The van der Waals surface area contributed by atoms with E-state index in [-0.39, 0.29) is 33.7 Å². The minimum Gasteiger partial charge on any atom is -0.414 e. The Kier molecular flexibility index (Phi) is 7.90. The number of hydrogen-bond acceptors (Lipinski definition) is 3. The molecule has 3 nitrogen and oxygen atoms in total. The van der Waals surface area contributed by atoms with E-state index in [1.807, 2.05) is 0 Å². The molecule has 0 aliphatic heterocycles. The van der Waals surface area contributed by atoms with Crippen LogP contribution in [0.5, 0.6) is 0 Å². The van der Waals surface area contributed by atoms with Crippen molar-refractivity contribution in [2.24, 2.45) is 28.1 Å². The van der Waals surface area contributed by atoms with Crippen LogP contribution < -0.4 is 0 Å². The summed E-state index contributed by atoms with van der Waals surface area (Å²) >= 11 is 0. The van der Waals surface area contributed by atoms with E-state index < -0.39 is 8.32 Å². The highest BCUT2D eigenvalue weighted by Gasteiger charge is 2.58. The topological polar surface area (TPSA) is 27.7 Å². The van der Waals surface area contributed by atoms with Crippen LogP contribution in [0.4, 0.5) is 0 Å². The molecule has 4 rings (SSSR count). The van der Waals surface area contributed by atoms with E-state index in [1.54, 1.807) is 16.7 Å². The largest absolute Gasteiger partial charge is 0.414 e. The average Bonchev–Trinajstić information content (AvgIpc) is 3.12. The van der Waals surface area contributed by atoms with E-state index in [2.05, 4.69) is 88.4 Å². The van der Waals surface area contributed by atoms with Crippen molar-refractivity contribution in [3.05, 3.63) is 22.8 Å². The standard InChI is InChI=1S/C33H58O3Si/c1-13-34-23(3)35-29-19-21-33(10)27-18-20-32(9)25(22(2)36-37(11,12)30(4,5)6)15-16-26(32)24(27)14-17-28(33)31(29,7)8/h16,22-23,25,28-29H,13-15,17-21H2,1-12H3/t22?,23?,25-,28-,29+,32-,33-/m1/s1. The molecule has 4 heteroatoms. The zero-order chi connectivity index (χ0) is 27.6. The van der Waals surface area contributed by atoms with Gasteiger partial charge in [-0.1, -0.05) is 60.1 Å². The van der Waals surface area contributed by atoms with Gasteiger partial charge in [0.2, 0.25) is 0 Å². The molecule has 0 N–H and O–H groups in total. The van der Waals surface area contributed by atoms with Crippen LogP contribution in [-0.2, 0) is 13.9 Å². The molecule has 0 aromatic rings. The molecule has 0 aromatic heterocycles. The summed E-state index contributed by atoms with van der Waals surface area (Å²) < 4.78 is 19.3. The lowest BCUT2D eigenvalue weighted by molar-refractivity contribution is -0.214. The molecule has 0 amide bonds. The molecular weight excluding hydrogens is 472 g/mol. The van der Waals surface area contributed by atoms with Gasteiger partial charge >= 0.3 is 0 Å². The fraction of sp³-hybridized carbons (Fsp3) is 0.879. The molecule has 2 unspecified atom stereocenters. The summed E-state index contributed by atoms with van der Waals surface area (Å²) in [5.41, 5.74) is 5.94. The van der Waals surface area contributed by atoms with Crippen LogP contribution in [0, 0.1) is 28.1 Å². The second-order valence-electron chi connectivity index (χ2n) is 15.4. The molecule has 37 heavy (non-hydrogen) atoms. The van der Waals surface area contributed by atoms with Gasteiger partial charge in [0.25, 0.3) is 0 Å². The average molecular weight is 531 g/mol.